The van der Waals surface area contributed by atoms with Gasteiger partial charge in [-0.2, -0.15) is 0 Å². The molecule has 3 rings (SSSR count). The number of benzene rings is 1. The summed E-state index contributed by atoms with van der Waals surface area (Å²) in [6.45, 7) is 0.524. The lowest BCUT2D eigenvalue weighted by Gasteiger charge is -2.38. The van der Waals surface area contributed by atoms with E-state index in [2.05, 4.69) is 15.0 Å². The summed E-state index contributed by atoms with van der Waals surface area (Å²) in [6.07, 6.45) is 3.26. The molecule has 122 valence electrons. The number of sulfonamides is 1. The summed E-state index contributed by atoms with van der Waals surface area (Å²) >= 11 is 0. The van der Waals surface area contributed by atoms with E-state index in [4.69, 9.17) is 0 Å². The Labute approximate surface area is 132 Å². The Bertz CT molecular complexity index is 803. The number of hydrogen-bond acceptors (Lipinski definition) is 5. The second-order valence-electron chi connectivity index (χ2n) is 5.12. The zero-order valence-corrected chi connectivity index (χ0v) is 12.8. The fraction of sp³-hybridized carbons (Fsp3) is 0.308. The van der Waals surface area contributed by atoms with Gasteiger partial charge in [0.1, 0.15) is 5.82 Å². The lowest BCUT2D eigenvalue weighted by molar-refractivity contribution is -0.135. The van der Waals surface area contributed by atoms with Crippen LogP contribution in [-0.2, 0) is 14.8 Å². The average molecular weight is 339 g/mol. The molecule has 2 aromatic rings. The molecule has 0 atom stereocenters. The Kier molecular flexibility index (Phi) is 4.09. The Balaban J connectivity index is 1.53. The van der Waals surface area contributed by atoms with Crippen molar-refractivity contribution in [2.75, 3.05) is 19.6 Å². The van der Waals surface area contributed by atoms with Crippen LogP contribution in [0.5, 0.6) is 0 Å². The molecular weight excluding hydrogens is 325 g/mol. The summed E-state index contributed by atoms with van der Waals surface area (Å²) in [5.41, 5.74) is 0. The highest BCUT2D eigenvalue weighted by Crippen LogP contribution is 2.19. The minimum atomic E-state index is -3.92. The Morgan fingerprint density at radius 3 is 2.83 bits per heavy atom. The standard InChI is InChI=1S/C13H14FN5O3S/c14-10-2-1-3-12(6-10)23(21,22)16-7-13(20)18-8-11(9-18)19-5-4-15-17-19/h1-6,11,16H,7-9H2. The van der Waals surface area contributed by atoms with E-state index in [0.717, 1.165) is 12.1 Å². The molecule has 0 radical (unpaired) electrons. The van der Waals surface area contributed by atoms with Gasteiger partial charge in [0, 0.05) is 19.3 Å². The van der Waals surface area contributed by atoms with Crippen LogP contribution < -0.4 is 4.72 Å². The van der Waals surface area contributed by atoms with Crippen LogP contribution in [0.3, 0.4) is 0 Å². The Hall–Kier alpha value is -2.33. The van der Waals surface area contributed by atoms with Crippen LogP contribution >= 0.6 is 0 Å². The number of amides is 1. The third kappa shape index (κ3) is 3.37. The molecule has 2 heterocycles. The van der Waals surface area contributed by atoms with Crippen LogP contribution in [0.4, 0.5) is 4.39 Å². The van der Waals surface area contributed by atoms with Gasteiger partial charge in [-0.3, -0.25) is 4.79 Å². The lowest BCUT2D eigenvalue weighted by atomic mass is 10.1. The minimum absolute atomic E-state index is 0.0567. The van der Waals surface area contributed by atoms with E-state index in [-0.39, 0.29) is 23.4 Å². The predicted octanol–water partition coefficient (Wildman–Crippen LogP) is -0.221. The minimum Gasteiger partial charge on any atom is -0.337 e. The molecule has 1 aliphatic rings. The fourth-order valence-electron chi connectivity index (χ4n) is 2.22. The quantitative estimate of drug-likeness (QED) is 0.812. The topological polar surface area (TPSA) is 97.2 Å². The van der Waals surface area contributed by atoms with E-state index in [1.165, 1.54) is 17.0 Å². The molecule has 8 nitrogen and oxygen atoms in total. The fourth-order valence-corrected chi connectivity index (χ4v) is 3.23. The Morgan fingerprint density at radius 1 is 1.39 bits per heavy atom. The van der Waals surface area contributed by atoms with Crippen molar-refractivity contribution in [1.82, 2.24) is 24.6 Å². The van der Waals surface area contributed by atoms with Gasteiger partial charge in [-0.25, -0.2) is 22.2 Å². The molecular formula is C13H14FN5O3S. The normalized spacial score (nSPS) is 15.4. The van der Waals surface area contributed by atoms with Crippen LogP contribution in [0, 0.1) is 5.82 Å². The van der Waals surface area contributed by atoms with Gasteiger partial charge in [0.05, 0.1) is 23.7 Å². The molecule has 1 aromatic carbocycles. The first-order valence-corrected chi connectivity index (χ1v) is 8.33. The summed E-state index contributed by atoms with van der Waals surface area (Å²) in [4.78, 5) is 13.3. The van der Waals surface area contributed by atoms with Crippen molar-refractivity contribution in [3.8, 4) is 0 Å². The number of hydrogen-bond donors (Lipinski definition) is 1. The molecule has 0 saturated carbocycles. The molecule has 1 fully saturated rings. The van der Waals surface area contributed by atoms with E-state index in [0.29, 0.717) is 13.1 Å². The van der Waals surface area contributed by atoms with E-state index in [1.807, 2.05) is 0 Å². The molecule has 10 heteroatoms. The van der Waals surface area contributed by atoms with Gasteiger partial charge in [-0.05, 0) is 18.2 Å². The van der Waals surface area contributed by atoms with Gasteiger partial charge in [0.15, 0.2) is 0 Å². The maximum Gasteiger partial charge on any atom is 0.241 e. The third-order valence-electron chi connectivity index (χ3n) is 3.55. The van der Waals surface area contributed by atoms with Crippen molar-refractivity contribution in [2.45, 2.75) is 10.9 Å². The molecule has 1 aromatic heterocycles. The maximum atomic E-state index is 13.1. The van der Waals surface area contributed by atoms with E-state index < -0.39 is 15.8 Å². The summed E-state index contributed by atoms with van der Waals surface area (Å²) in [6, 6.07) is 4.66. The molecule has 23 heavy (non-hydrogen) atoms. The van der Waals surface area contributed by atoms with Crippen LogP contribution in [0.15, 0.2) is 41.6 Å². The van der Waals surface area contributed by atoms with Gasteiger partial charge in [0.2, 0.25) is 15.9 Å². The lowest BCUT2D eigenvalue weighted by Crippen LogP contribution is -2.53. The van der Waals surface area contributed by atoms with Gasteiger partial charge >= 0.3 is 0 Å². The highest BCUT2D eigenvalue weighted by Gasteiger charge is 2.32. The van der Waals surface area contributed by atoms with Crippen molar-refractivity contribution < 1.29 is 17.6 Å². The molecule has 1 aliphatic heterocycles. The van der Waals surface area contributed by atoms with Crippen molar-refractivity contribution in [1.29, 1.82) is 0 Å². The number of carbonyl (C=O) groups is 1. The third-order valence-corrected chi connectivity index (χ3v) is 4.95. The molecule has 1 N–H and O–H groups in total. The molecule has 0 spiro atoms. The number of carbonyl (C=O) groups excluding carboxylic acids is 1. The van der Waals surface area contributed by atoms with E-state index in [9.17, 15) is 17.6 Å². The summed E-state index contributed by atoms with van der Waals surface area (Å²) in [5, 5.41) is 7.54. The molecule has 0 bridgehead atoms. The number of rotatable bonds is 5. The molecule has 0 aliphatic carbocycles. The van der Waals surface area contributed by atoms with Gasteiger partial charge in [-0.15, -0.1) is 5.10 Å². The van der Waals surface area contributed by atoms with Crippen LogP contribution in [0.2, 0.25) is 0 Å². The average Bonchev–Trinajstić information content (AvgIpc) is 2.98. The monoisotopic (exact) mass is 339 g/mol. The summed E-state index contributed by atoms with van der Waals surface area (Å²) in [5.74, 6) is -1.00. The number of halogens is 1. The molecule has 1 saturated heterocycles. The first-order chi connectivity index (χ1) is 11.0. The number of aromatic nitrogens is 3. The smallest absolute Gasteiger partial charge is 0.241 e. The SMILES string of the molecule is O=C(CNS(=O)(=O)c1cccc(F)c1)N1CC(n2ccnn2)C1. The van der Waals surface area contributed by atoms with E-state index in [1.54, 1.807) is 17.1 Å². The predicted molar refractivity (Wildman–Crippen MR) is 77.2 cm³/mol. The number of nitrogens with zero attached hydrogens (tertiary/aromatic N) is 4. The van der Waals surface area contributed by atoms with Crippen molar-refractivity contribution in [2.24, 2.45) is 0 Å². The zero-order valence-electron chi connectivity index (χ0n) is 12.0. The van der Waals surface area contributed by atoms with Gasteiger partial charge in [-0.1, -0.05) is 11.3 Å². The Morgan fingerprint density at radius 2 is 2.17 bits per heavy atom. The first-order valence-electron chi connectivity index (χ1n) is 6.84. The second kappa shape index (κ2) is 6.05. The van der Waals surface area contributed by atoms with Gasteiger partial charge in [0.25, 0.3) is 0 Å². The van der Waals surface area contributed by atoms with Crippen LogP contribution in [0.1, 0.15) is 6.04 Å². The molecule has 1 amide bonds. The maximum absolute atomic E-state index is 13.1. The largest absolute Gasteiger partial charge is 0.337 e. The number of nitrogens with one attached hydrogen (secondary N) is 1. The van der Waals surface area contributed by atoms with Gasteiger partial charge < -0.3 is 4.90 Å². The second-order valence-corrected chi connectivity index (χ2v) is 6.88. The number of likely N-dealkylation sites (tertiary alicyclic amines) is 1. The van der Waals surface area contributed by atoms with Crippen LogP contribution in [-0.4, -0.2) is 53.9 Å². The highest BCUT2D eigenvalue weighted by molar-refractivity contribution is 7.89. The van der Waals surface area contributed by atoms with E-state index >= 15 is 0 Å². The first kappa shape index (κ1) is 15.6. The van der Waals surface area contributed by atoms with Crippen LogP contribution in [0.25, 0.3) is 0 Å². The van der Waals surface area contributed by atoms with Crippen molar-refractivity contribution in [3.05, 3.63) is 42.5 Å². The summed E-state index contributed by atoms with van der Waals surface area (Å²) < 4.78 is 40.9. The summed E-state index contributed by atoms with van der Waals surface area (Å²) in [7, 11) is -3.92. The zero-order chi connectivity index (χ0) is 16.4. The molecule has 0 unspecified atom stereocenters. The van der Waals surface area contributed by atoms with Crippen molar-refractivity contribution >= 4 is 15.9 Å². The van der Waals surface area contributed by atoms with Crippen molar-refractivity contribution in [3.63, 3.8) is 0 Å². The highest BCUT2D eigenvalue weighted by atomic mass is 32.2.